The summed E-state index contributed by atoms with van der Waals surface area (Å²) < 4.78 is 4.94. The molecule has 0 radical (unpaired) electrons. The van der Waals surface area contributed by atoms with Crippen LogP contribution in [0.3, 0.4) is 0 Å². The van der Waals surface area contributed by atoms with Crippen LogP contribution in [0.4, 0.5) is 0 Å². The fourth-order valence-electron chi connectivity index (χ4n) is 4.22. The second kappa shape index (κ2) is 8.12. The number of imidazole rings is 1. The average molecular weight is 475 g/mol. The van der Waals surface area contributed by atoms with Crippen LogP contribution >= 0.6 is 0 Å². The number of nitrogens with zero attached hydrogens (tertiary/aromatic N) is 2. The van der Waals surface area contributed by atoms with Crippen LogP contribution in [0.1, 0.15) is 0 Å². The summed E-state index contributed by atoms with van der Waals surface area (Å²) >= 11 is 0.100. The molecule has 4 aromatic carbocycles. The van der Waals surface area contributed by atoms with Crippen LogP contribution in [0.25, 0.3) is 48.3 Å². The summed E-state index contributed by atoms with van der Waals surface area (Å²) in [5, 5.41) is 0. The average Bonchev–Trinajstić information content (AvgIpc) is 3.43. The van der Waals surface area contributed by atoms with Gasteiger partial charge in [-0.1, -0.05) is 0 Å². The summed E-state index contributed by atoms with van der Waals surface area (Å²) in [5.41, 5.74) is 8.30. The van der Waals surface area contributed by atoms with Crippen molar-refractivity contribution in [3.8, 4) is 43.8 Å². The van der Waals surface area contributed by atoms with Gasteiger partial charge in [0.05, 0.1) is 0 Å². The maximum absolute atomic E-state index is 5.24. The van der Waals surface area contributed by atoms with Crippen molar-refractivity contribution in [2.45, 2.75) is 0 Å². The summed E-state index contributed by atoms with van der Waals surface area (Å²) in [4.78, 5) is 5.24. The van der Waals surface area contributed by atoms with E-state index in [4.69, 9.17) is 4.98 Å². The maximum atomic E-state index is 5.24. The molecule has 32 heavy (non-hydrogen) atoms. The van der Waals surface area contributed by atoms with E-state index < -0.39 is 0 Å². The number of rotatable bonds is 4. The zero-order chi connectivity index (χ0) is 21.3. The first-order valence-corrected chi connectivity index (χ1v) is 12.4. The zero-order valence-corrected chi connectivity index (χ0v) is 19.1. The van der Waals surface area contributed by atoms with Crippen LogP contribution in [0.5, 0.6) is 0 Å². The molecule has 0 aliphatic carbocycles. The van der Waals surface area contributed by atoms with Gasteiger partial charge in [-0.05, 0) is 0 Å². The van der Waals surface area contributed by atoms with Crippen molar-refractivity contribution in [1.82, 2.24) is 9.38 Å². The van der Waals surface area contributed by atoms with Crippen molar-refractivity contribution in [3.63, 3.8) is 0 Å². The summed E-state index contributed by atoms with van der Waals surface area (Å²) in [6.07, 6.45) is 0. The molecule has 0 spiro atoms. The molecule has 2 nitrogen and oxygen atoms in total. The van der Waals surface area contributed by atoms with E-state index in [0.29, 0.717) is 0 Å². The molecule has 152 valence electrons. The molecule has 2 aromatic heterocycles. The minimum atomic E-state index is 0.100. The molecule has 0 aliphatic heterocycles. The molecular formula is C29H20N2Se. The molecule has 0 atom stereocenters. The first-order chi connectivity index (χ1) is 15.9. The van der Waals surface area contributed by atoms with Crippen molar-refractivity contribution < 1.29 is 0 Å². The van der Waals surface area contributed by atoms with E-state index in [9.17, 15) is 0 Å². The Kier molecular flexibility index (Phi) is 4.84. The molecule has 2 heterocycles. The van der Waals surface area contributed by atoms with Crippen LogP contribution in [-0.4, -0.2) is 23.9 Å². The van der Waals surface area contributed by atoms with Crippen LogP contribution in [-0.2, 0) is 0 Å². The van der Waals surface area contributed by atoms with Gasteiger partial charge in [0.15, 0.2) is 0 Å². The van der Waals surface area contributed by atoms with Gasteiger partial charge in [0.25, 0.3) is 0 Å². The first-order valence-electron chi connectivity index (χ1n) is 10.7. The zero-order valence-electron chi connectivity index (χ0n) is 17.3. The predicted octanol–water partition coefficient (Wildman–Crippen LogP) is 7.06. The SMILES string of the molecule is c1ccc(-c2nc3[se]c(-c4ccccc4)c(-c4ccccc4)n3c2-c2ccccc2)cc1. The Hall–Kier alpha value is -3.65. The third kappa shape index (κ3) is 3.23. The Morgan fingerprint density at radius 1 is 0.469 bits per heavy atom. The third-order valence-corrected chi connectivity index (χ3v) is 7.94. The third-order valence-electron chi connectivity index (χ3n) is 5.66. The van der Waals surface area contributed by atoms with Gasteiger partial charge in [-0.2, -0.15) is 0 Å². The Balaban J connectivity index is 1.75. The van der Waals surface area contributed by atoms with E-state index in [0.717, 1.165) is 15.8 Å². The van der Waals surface area contributed by atoms with Crippen molar-refractivity contribution in [2.75, 3.05) is 0 Å². The van der Waals surface area contributed by atoms with E-state index in [2.05, 4.69) is 126 Å². The predicted molar refractivity (Wildman–Crippen MR) is 134 cm³/mol. The molecule has 0 unspecified atom stereocenters. The van der Waals surface area contributed by atoms with Crippen molar-refractivity contribution >= 4 is 19.0 Å². The first kappa shape index (κ1) is 19.1. The molecular weight excluding hydrogens is 455 g/mol. The molecule has 0 saturated heterocycles. The fourth-order valence-corrected chi connectivity index (χ4v) is 6.64. The topological polar surface area (TPSA) is 17.3 Å². The molecule has 0 bridgehead atoms. The second-order valence-corrected chi connectivity index (χ2v) is 9.72. The number of benzene rings is 4. The quantitative estimate of drug-likeness (QED) is 0.250. The van der Waals surface area contributed by atoms with Crippen LogP contribution < -0.4 is 0 Å². The van der Waals surface area contributed by atoms with E-state index in [1.165, 1.54) is 32.5 Å². The Bertz CT molecular complexity index is 1370. The summed E-state index contributed by atoms with van der Waals surface area (Å²) in [6.45, 7) is 0. The normalized spacial score (nSPS) is 11.1. The fraction of sp³-hybridized carbons (Fsp3) is 0. The van der Waals surface area contributed by atoms with Gasteiger partial charge in [0, 0.05) is 0 Å². The molecule has 0 saturated carbocycles. The number of fused-ring (bicyclic) bond motifs is 1. The van der Waals surface area contributed by atoms with Crippen molar-refractivity contribution in [3.05, 3.63) is 121 Å². The van der Waals surface area contributed by atoms with E-state index in [1.807, 2.05) is 0 Å². The number of aromatic nitrogens is 2. The van der Waals surface area contributed by atoms with E-state index in [1.54, 1.807) is 0 Å². The Morgan fingerprint density at radius 2 is 0.906 bits per heavy atom. The molecule has 6 rings (SSSR count). The van der Waals surface area contributed by atoms with E-state index in [-0.39, 0.29) is 14.5 Å². The van der Waals surface area contributed by atoms with Gasteiger partial charge in [-0.3, -0.25) is 0 Å². The monoisotopic (exact) mass is 476 g/mol. The summed E-state index contributed by atoms with van der Waals surface area (Å²) in [5.74, 6) is 0. The molecule has 0 aliphatic rings. The molecule has 6 aromatic rings. The second-order valence-electron chi connectivity index (χ2n) is 7.67. The van der Waals surface area contributed by atoms with Crippen LogP contribution in [0.15, 0.2) is 121 Å². The Morgan fingerprint density at radius 3 is 1.44 bits per heavy atom. The van der Waals surface area contributed by atoms with Gasteiger partial charge < -0.3 is 0 Å². The molecule has 0 fully saturated rings. The van der Waals surface area contributed by atoms with Crippen LogP contribution in [0, 0.1) is 0 Å². The van der Waals surface area contributed by atoms with Crippen LogP contribution in [0.2, 0.25) is 0 Å². The number of hydrogen-bond donors (Lipinski definition) is 0. The summed E-state index contributed by atoms with van der Waals surface area (Å²) in [6, 6.07) is 42.7. The van der Waals surface area contributed by atoms with Crippen molar-refractivity contribution in [1.29, 1.82) is 0 Å². The van der Waals surface area contributed by atoms with E-state index >= 15 is 0 Å². The van der Waals surface area contributed by atoms with Crippen molar-refractivity contribution in [2.24, 2.45) is 0 Å². The van der Waals surface area contributed by atoms with Gasteiger partial charge in [-0.15, -0.1) is 0 Å². The van der Waals surface area contributed by atoms with Gasteiger partial charge in [0.1, 0.15) is 0 Å². The Labute approximate surface area is 193 Å². The van der Waals surface area contributed by atoms with Gasteiger partial charge >= 0.3 is 194 Å². The van der Waals surface area contributed by atoms with Gasteiger partial charge in [-0.25, -0.2) is 0 Å². The van der Waals surface area contributed by atoms with Gasteiger partial charge in [0.2, 0.25) is 0 Å². The molecule has 0 amide bonds. The molecule has 0 N–H and O–H groups in total. The number of hydrogen-bond acceptors (Lipinski definition) is 1. The molecule has 3 heteroatoms. The summed E-state index contributed by atoms with van der Waals surface area (Å²) in [7, 11) is 0. The standard InChI is InChI=1S/C29H20N2Se/c1-5-13-21(14-6-1)25-26(22-15-7-2-8-16-22)31-27(23-17-9-3-10-18-23)28(32-29(31)30-25)24-19-11-4-12-20-24/h1-20H. The minimum absolute atomic E-state index is 0.100.